The molecule has 3 unspecified atom stereocenters. The van der Waals surface area contributed by atoms with Crippen molar-refractivity contribution in [2.45, 2.75) is 38.0 Å². The zero-order chi connectivity index (χ0) is 14.8. The van der Waals surface area contributed by atoms with Crippen LogP contribution >= 0.6 is 23.2 Å². The number of halogens is 2. The SMILES string of the molecule is CCNC(c1ccc(Cl)c(Cl)c1)C1CN2CCCC2CO1. The number of hydrogen-bond acceptors (Lipinski definition) is 3. The van der Waals surface area contributed by atoms with Crippen molar-refractivity contribution in [1.29, 1.82) is 0 Å². The van der Waals surface area contributed by atoms with Crippen molar-refractivity contribution in [1.82, 2.24) is 10.2 Å². The number of hydrogen-bond donors (Lipinski definition) is 1. The van der Waals surface area contributed by atoms with E-state index in [4.69, 9.17) is 27.9 Å². The Kier molecular flexibility index (Phi) is 5.07. The van der Waals surface area contributed by atoms with Crippen LogP contribution in [0.4, 0.5) is 0 Å². The minimum atomic E-state index is 0.159. The lowest BCUT2D eigenvalue weighted by Gasteiger charge is -2.39. The quantitative estimate of drug-likeness (QED) is 0.915. The van der Waals surface area contributed by atoms with Crippen molar-refractivity contribution >= 4 is 23.2 Å². The maximum Gasteiger partial charge on any atom is 0.0897 e. The first kappa shape index (κ1) is 15.6. The minimum absolute atomic E-state index is 0.159. The van der Waals surface area contributed by atoms with E-state index in [1.54, 1.807) is 0 Å². The minimum Gasteiger partial charge on any atom is -0.373 e. The lowest BCUT2D eigenvalue weighted by atomic mass is 9.99. The molecule has 2 fully saturated rings. The maximum absolute atomic E-state index is 6.18. The van der Waals surface area contributed by atoms with E-state index in [0.717, 1.165) is 25.3 Å². The smallest absolute Gasteiger partial charge is 0.0897 e. The molecule has 0 spiro atoms. The highest BCUT2D eigenvalue weighted by Crippen LogP contribution is 2.31. The van der Waals surface area contributed by atoms with Crippen LogP contribution in [0.5, 0.6) is 0 Å². The molecule has 1 aromatic rings. The molecule has 1 N–H and O–H groups in total. The van der Waals surface area contributed by atoms with Crippen LogP contribution in [0.3, 0.4) is 0 Å². The molecule has 3 atom stereocenters. The summed E-state index contributed by atoms with van der Waals surface area (Å²) in [6.07, 6.45) is 2.72. The van der Waals surface area contributed by atoms with E-state index >= 15 is 0 Å². The number of ether oxygens (including phenoxy) is 1. The molecule has 0 saturated carbocycles. The van der Waals surface area contributed by atoms with Crippen molar-refractivity contribution in [3.63, 3.8) is 0 Å². The van der Waals surface area contributed by atoms with E-state index in [1.807, 2.05) is 18.2 Å². The lowest BCUT2D eigenvalue weighted by Crippen LogP contribution is -2.50. The van der Waals surface area contributed by atoms with Gasteiger partial charge < -0.3 is 10.1 Å². The summed E-state index contributed by atoms with van der Waals surface area (Å²) < 4.78 is 6.15. The van der Waals surface area contributed by atoms with Gasteiger partial charge in [0.15, 0.2) is 0 Å². The third-order valence-corrected chi connectivity index (χ3v) is 5.25. The summed E-state index contributed by atoms with van der Waals surface area (Å²) in [6.45, 7) is 6.04. The van der Waals surface area contributed by atoms with Crippen molar-refractivity contribution in [2.75, 3.05) is 26.2 Å². The number of likely N-dealkylation sites (N-methyl/N-ethyl adjacent to an activating group) is 1. The van der Waals surface area contributed by atoms with Crippen LogP contribution in [0.2, 0.25) is 10.0 Å². The number of nitrogens with one attached hydrogen (secondary N) is 1. The molecule has 2 saturated heterocycles. The number of nitrogens with zero attached hydrogens (tertiary/aromatic N) is 1. The molecule has 0 bridgehead atoms. The van der Waals surface area contributed by atoms with Crippen molar-refractivity contribution in [3.05, 3.63) is 33.8 Å². The number of rotatable bonds is 4. The summed E-state index contributed by atoms with van der Waals surface area (Å²) in [6, 6.07) is 6.64. The standard InChI is InChI=1S/C16H22Cl2N2O/c1-2-19-16(11-5-6-13(17)14(18)8-11)15-9-20-7-3-4-12(20)10-21-15/h5-6,8,12,15-16,19H,2-4,7,9-10H2,1H3. The van der Waals surface area contributed by atoms with Crippen LogP contribution in [0, 0.1) is 0 Å². The molecule has 0 radical (unpaired) electrons. The first-order valence-corrected chi connectivity index (χ1v) is 8.48. The summed E-state index contributed by atoms with van der Waals surface area (Å²) in [7, 11) is 0. The van der Waals surface area contributed by atoms with Gasteiger partial charge in [0.1, 0.15) is 0 Å². The molecular formula is C16H22Cl2N2O. The maximum atomic E-state index is 6.18. The average molecular weight is 329 g/mol. The van der Waals surface area contributed by atoms with E-state index in [9.17, 15) is 0 Å². The topological polar surface area (TPSA) is 24.5 Å². The van der Waals surface area contributed by atoms with E-state index in [1.165, 1.54) is 19.4 Å². The molecule has 0 amide bonds. The van der Waals surface area contributed by atoms with Gasteiger partial charge >= 0.3 is 0 Å². The van der Waals surface area contributed by atoms with Gasteiger partial charge in [0.25, 0.3) is 0 Å². The summed E-state index contributed by atoms with van der Waals surface area (Å²) in [5, 5.41) is 4.74. The monoisotopic (exact) mass is 328 g/mol. The molecule has 1 aromatic carbocycles. The van der Waals surface area contributed by atoms with Crippen LogP contribution in [0.15, 0.2) is 18.2 Å². The third-order valence-electron chi connectivity index (χ3n) is 4.51. The van der Waals surface area contributed by atoms with Gasteiger partial charge in [-0.1, -0.05) is 36.2 Å². The first-order valence-electron chi connectivity index (χ1n) is 7.73. The Morgan fingerprint density at radius 2 is 2.24 bits per heavy atom. The van der Waals surface area contributed by atoms with Crippen LogP contribution in [-0.2, 0) is 4.74 Å². The Balaban J connectivity index is 1.78. The van der Waals surface area contributed by atoms with Gasteiger partial charge in [-0.25, -0.2) is 0 Å². The highest BCUT2D eigenvalue weighted by atomic mass is 35.5. The Morgan fingerprint density at radius 3 is 3.00 bits per heavy atom. The van der Waals surface area contributed by atoms with Gasteiger partial charge in [0, 0.05) is 12.6 Å². The Morgan fingerprint density at radius 1 is 1.38 bits per heavy atom. The van der Waals surface area contributed by atoms with Crippen LogP contribution < -0.4 is 5.32 Å². The Labute approximate surface area is 136 Å². The second-order valence-corrected chi connectivity index (χ2v) is 6.69. The van der Waals surface area contributed by atoms with E-state index in [0.29, 0.717) is 16.1 Å². The largest absolute Gasteiger partial charge is 0.373 e. The molecule has 5 heteroatoms. The molecule has 3 rings (SSSR count). The highest BCUT2D eigenvalue weighted by Gasteiger charge is 2.36. The zero-order valence-electron chi connectivity index (χ0n) is 12.3. The molecule has 2 heterocycles. The number of morpholine rings is 1. The van der Waals surface area contributed by atoms with Gasteiger partial charge in [0.2, 0.25) is 0 Å². The lowest BCUT2D eigenvalue weighted by molar-refractivity contribution is -0.0650. The predicted molar refractivity (Wildman–Crippen MR) is 87.2 cm³/mol. The fourth-order valence-electron chi connectivity index (χ4n) is 3.43. The molecule has 0 aromatic heterocycles. The van der Waals surface area contributed by atoms with E-state index in [-0.39, 0.29) is 12.1 Å². The molecule has 3 nitrogen and oxygen atoms in total. The normalized spacial score (nSPS) is 27.6. The van der Waals surface area contributed by atoms with Crippen molar-refractivity contribution in [2.24, 2.45) is 0 Å². The summed E-state index contributed by atoms with van der Waals surface area (Å²) in [5.74, 6) is 0. The molecule has 2 aliphatic heterocycles. The fraction of sp³-hybridized carbons (Fsp3) is 0.625. The fourth-order valence-corrected chi connectivity index (χ4v) is 3.74. The third kappa shape index (κ3) is 3.38. The summed E-state index contributed by atoms with van der Waals surface area (Å²) >= 11 is 12.2. The van der Waals surface area contributed by atoms with Gasteiger partial charge in [-0.3, -0.25) is 4.90 Å². The Bertz CT molecular complexity index is 497. The number of benzene rings is 1. The second-order valence-electron chi connectivity index (χ2n) is 5.87. The van der Waals surface area contributed by atoms with E-state index in [2.05, 4.69) is 17.1 Å². The van der Waals surface area contributed by atoms with E-state index < -0.39 is 0 Å². The first-order chi connectivity index (χ1) is 10.2. The van der Waals surface area contributed by atoms with Crippen molar-refractivity contribution in [3.8, 4) is 0 Å². The molecule has 116 valence electrons. The zero-order valence-corrected chi connectivity index (χ0v) is 13.8. The molecule has 21 heavy (non-hydrogen) atoms. The van der Waals surface area contributed by atoms with Crippen LogP contribution in [-0.4, -0.2) is 43.3 Å². The number of fused-ring (bicyclic) bond motifs is 1. The van der Waals surface area contributed by atoms with Crippen molar-refractivity contribution < 1.29 is 4.74 Å². The second kappa shape index (κ2) is 6.84. The molecule has 0 aliphatic carbocycles. The van der Waals surface area contributed by atoms with Gasteiger partial charge in [-0.2, -0.15) is 0 Å². The molecule has 2 aliphatic rings. The van der Waals surface area contributed by atoms with Gasteiger partial charge in [0.05, 0.1) is 28.8 Å². The van der Waals surface area contributed by atoms with Crippen LogP contribution in [0.1, 0.15) is 31.4 Å². The average Bonchev–Trinajstić information content (AvgIpc) is 2.95. The summed E-state index contributed by atoms with van der Waals surface area (Å²) in [5.41, 5.74) is 1.15. The summed E-state index contributed by atoms with van der Waals surface area (Å²) in [4.78, 5) is 2.57. The van der Waals surface area contributed by atoms with Gasteiger partial charge in [-0.15, -0.1) is 0 Å². The van der Waals surface area contributed by atoms with Gasteiger partial charge in [-0.05, 0) is 43.6 Å². The predicted octanol–water partition coefficient (Wildman–Crippen LogP) is 3.51. The highest BCUT2D eigenvalue weighted by molar-refractivity contribution is 6.42. The van der Waals surface area contributed by atoms with Crippen LogP contribution in [0.25, 0.3) is 0 Å². The Hall–Kier alpha value is -0.320. The molecular weight excluding hydrogens is 307 g/mol.